The number of rotatable bonds is 5. The van der Waals surface area contributed by atoms with Crippen LogP contribution in [-0.4, -0.2) is 25.7 Å². The van der Waals surface area contributed by atoms with E-state index in [0.717, 1.165) is 12.5 Å². The van der Waals surface area contributed by atoms with Crippen LogP contribution < -0.4 is 10.6 Å². The van der Waals surface area contributed by atoms with Crippen molar-refractivity contribution >= 4 is 0 Å². The van der Waals surface area contributed by atoms with Crippen molar-refractivity contribution in [3.8, 4) is 0 Å². The van der Waals surface area contributed by atoms with E-state index in [1.807, 2.05) is 0 Å². The van der Waals surface area contributed by atoms with Crippen LogP contribution in [-0.2, 0) is 0 Å². The van der Waals surface area contributed by atoms with Crippen molar-refractivity contribution < 1.29 is 0 Å². The Morgan fingerprint density at radius 3 is 2.69 bits per heavy atom. The molecule has 2 nitrogen and oxygen atoms in total. The second-order valence-corrected chi connectivity index (χ2v) is 6.39. The molecule has 1 saturated heterocycles. The van der Waals surface area contributed by atoms with Gasteiger partial charge in [-0.15, -0.1) is 0 Å². The number of nitrogens with one attached hydrogen (secondary N) is 2. The van der Waals surface area contributed by atoms with Gasteiger partial charge in [0.15, 0.2) is 0 Å². The van der Waals surface area contributed by atoms with Gasteiger partial charge in [0, 0.05) is 12.6 Å². The van der Waals surface area contributed by atoms with Gasteiger partial charge >= 0.3 is 0 Å². The van der Waals surface area contributed by atoms with Gasteiger partial charge in [0.25, 0.3) is 0 Å². The quantitative estimate of drug-likeness (QED) is 0.701. The monoisotopic (exact) mass is 224 g/mol. The van der Waals surface area contributed by atoms with Crippen molar-refractivity contribution in [1.82, 2.24) is 10.6 Å². The maximum absolute atomic E-state index is 3.66. The molecule has 2 heteroatoms. The third-order valence-electron chi connectivity index (χ3n) is 4.63. The summed E-state index contributed by atoms with van der Waals surface area (Å²) in [5.74, 6) is 1.04. The molecule has 0 bridgehead atoms. The van der Waals surface area contributed by atoms with Crippen molar-refractivity contribution in [2.45, 2.75) is 58.4 Å². The Labute approximate surface area is 101 Å². The van der Waals surface area contributed by atoms with Crippen LogP contribution in [0.5, 0.6) is 0 Å². The van der Waals surface area contributed by atoms with E-state index in [0.29, 0.717) is 11.5 Å². The third-order valence-corrected chi connectivity index (χ3v) is 4.63. The molecule has 2 fully saturated rings. The molecular formula is C14H28N2. The van der Waals surface area contributed by atoms with E-state index in [4.69, 9.17) is 0 Å². The van der Waals surface area contributed by atoms with Crippen molar-refractivity contribution in [3.63, 3.8) is 0 Å². The van der Waals surface area contributed by atoms with Crippen molar-refractivity contribution in [1.29, 1.82) is 0 Å². The lowest BCUT2D eigenvalue weighted by atomic mass is 9.77. The predicted molar refractivity (Wildman–Crippen MR) is 69.6 cm³/mol. The molecule has 2 rings (SSSR count). The second kappa shape index (κ2) is 5.50. The van der Waals surface area contributed by atoms with Crippen molar-refractivity contribution in [2.75, 3.05) is 19.6 Å². The molecule has 1 atom stereocenters. The van der Waals surface area contributed by atoms with E-state index in [-0.39, 0.29) is 0 Å². The van der Waals surface area contributed by atoms with E-state index in [9.17, 15) is 0 Å². The molecule has 1 aliphatic heterocycles. The summed E-state index contributed by atoms with van der Waals surface area (Å²) in [5.41, 5.74) is 0.474. The normalized spacial score (nSPS) is 30.0. The predicted octanol–water partition coefficient (Wildman–Crippen LogP) is 2.54. The molecule has 1 aliphatic carbocycles. The topological polar surface area (TPSA) is 24.1 Å². The molecule has 1 saturated carbocycles. The molecule has 0 radical (unpaired) electrons. The summed E-state index contributed by atoms with van der Waals surface area (Å²) < 4.78 is 0. The van der Waals surface area contributed by atoms with E-state index >= 15 is 0 Å². The zero-order valence-electron chi connectivity index (χ0n) is 11.0. The lowest BCUT2D eigenvalue weighted by molar-refractivity contribution is 0.174. The summed E-state index contributed by atoms with van der Waals surface area (Å²) in [6, 6.07) is 0.669. The van der Waals surface area contributed by atoms with Crippen molar-refractivity contribution in [3.05, 3.63) is 0 Å². The van der Waals surface area contributed by atoms with E-state index in [1.165, 1.54) is 51.6 Å². The second-order valence-electron chi connectivity index (χ2n) is 6.39. The van der Waals surface area contributed by atoms with Crippen LogP contribution in [0.2, 0.25) is 0 Å². The molecule has 2 N–H and O–H groups in total. The fourth-order valence-electron chi connectivity index (χ4n) is 2.95. The summed E-state index contributed by atoms with van der Waals surface area (Å²) in [5, 5.41) is 7.31. The van der Waals surface area contributed by atoms with Gasteiger partial charge < -0.3 is 10.6 Å². The van der Waals surface area contributed by atoms with Gasteiger partial charge in [-0.1, -0.05) is 33.1 Å². The molecule has 2 aliphatic rings. The molecule has 1 unspecified atom stereocenters. The summed E-state index contributed by atoms with van der Waals surface area (Å²) >= 11 is 0. The summed E-state index contributed by atoms with van der Waals surface area (Å²) in [4.78, 5) is 0. The first kappa shape index (κ1) is 12.4. The lowest BCUT2D eigenvalue weighted by Gasteiger charge is -2.39. The SMILES string of the molecule is CC1(C)CCCNC1CNCCC1CCC1. The van der Waals surface area contributed by atoms with Gasteiger partial charge in [-0.2, -0.15) is 0 Å². The minimum absolute atomic E-state index is 0.474. The first-order valence-electron chi connectivity index (χ1n) is 7.12. The van der Waals surface area contributed by atoms with Crippen LogP contribution in [0.15, 0.2) is 0 Å². The Hall–Kier alpha value is -0.0800. The first-order chi connectivity index (χ1) is 7.68. The highest BCUT2D eigenvalue weighted by Gasteiger charge is 2.31. The van der Waals surface area contributed by atoms with Gasteiger partial charge in [-0.05, 0) is 43.7 Å². The maximum Gasteiger partial charge on any atom is 0.0243 e. The molecule has 0 aromatic carbocycles. The maximum atomic E-state index is 3.66. The summed E-state index contributed by atoms with van der Waals surface area (Å²) in [7, 11) is 0. The molecule has 1 heterocycles. The van der Waals surface area contributed by atoms with Crippen LogP contribution in [0.4, 0.5) is 0 Å². The highest BCUT2D eigenvalue weighted by Crippen LogP contribution is 2.30. The Bertz CT molecular complexity index is 209. The Morgan fingerprint density at radius 2 is 2.06 bits per heavy atom. The van der Waals surface area contributed by atoms with Gasteiger partial charge in [0.05, 0.1) is 0 Å². The summed E-state index contributed by atoms with van der Waals surface area (Å²) in [6.07, 6.45) is 8.54. The summed E-state index contributed by atoms with van der Waals surface area (Å²) in [6.45, 7) is 8.38. The average Bonchev–Trinajstić information content (AvgIpc) is 2.17. The van der Waals surface area contributed by atoms with E-state index in [2.05, 4.69) is 24.5 Å². The highest BCUT2D eigenvalue weighted by molar-refractivity contribution is 4.89. The lowest BCUT2D eigenvalue weighted by Crippen LogP contribution is -2.52. The zero-order chi connectivity index (χ0) is 11.4. The molecule has 0 aromatic heterocycles. The van der Waals surface area contributed by atoms with Crippen LogP contribution >= 0.6 is 0 Å². The minimum Gasteiger partial charge on any atom is -0.315 e. The Morgan fingerprint density at radius 1 is 1.25 bits per heavy atom. The third kappa shape index (κ3) is 3.21. The van der Waals surface area contributed by atoms with Crippen molar-refractivity contribution in [2.24, 2.45) is 11.3 Å². The van der Waals surface area contributed by atoms with Gasteiger partial charge in [0.1, 0.15) is 0 Å². The number of hydrogen-bond donors (Lipinski definition) is 2. The van der Waals surface area contributed by atoms with Gasteiger partial charge in [-0.3, -0.25) is 0 Å². The van der Waals surface area contributed by atoms with Crippen LogP contribution in [0, 0.1) is 11.3 Å². The molecule has 16 heavy (non-hydrogen) atoms. The number of piperidine rings is 1. The Kier molecular flexibility index (Phi) is 4.26. The van der Waals surface area contributed by atoms with Gasteiger partial charge in [0.2, 0.25) is 0 Å². The largest absolute Gasteiger partial charge is 0.315 e. The fourth-order valence-corrected chi connectivity index (χ4v) is 2.95. The smallest absolute Gasteiger partial charge is 0.0243 e. The Balaban J connectivity index is 1.60. The average molecular weight is 224 g/mol. The molecule has 0 aromatic rings. The molecule has 94 valence electrons. The molecular weight excluding hydrogens is 196 g/mol. The number of hydrogen-bond acceptors (Lipinski definition) is 2. The van der Waals surface area contributed by atoms with Gasteiger partial charge in [-0.25, -0.2) is 0 Å². The molecule has 0 spiro atoms. The molecule has 0 amide bonds. The van der Waals surface area contributed by atoms with Crippen LogP contribution in [0.3, 0.4) is 0 Å². The fraction of sp³-hybridized carbons (Fsp3) is 1.00. The van der Waals surface area contributed by atoms with E-state index < -0.39 is 0 Å². The van der Waals surface area contributed by atoms with E-state index in [1.54, 1.807) is 0 Å². The minimum atomic E-state index is 0.474. The van der Waals surface area contributed by atoms with Crippen LogP contribution in [0.25, 0.3) is 0 Å². The highest BCUT2D eigenvalue weighted by atomic mass is 15.0. The van der Waals surface area contributed by atoms with Crippen LogP contribution in [0.1, 0.15) is 52.4 Å². The first-order valence-corrected chi connectivity index (χ1v) is 7.12. The standard InChI is InChI=1S/C14H28N2/c1-14(2)8-4-9-16-13(14)11-15-10-7-12-5-3-6-12/h12-13,15-16H,3-11H2,1-2H3. The zero-order valence-corrected chi connectivity index (χ0v) is 11.0.